The molecule has 1 heterocycles. The van der Waals surface area contributed by atoms with Crippen LogP contribution in [0.5, 0.6) is 0 Å². The third kappa shape index (κ3) is 3.03. The van der Waals surface area contributed by atoms with Gasteiger partial charge in [0.25, 0.3) is 0 Å². The van der Waals surface area contributed by atoms with Crippen molar-refractivity contribution in [1.29, 1.82) is 0 Å². The molecule has 1 aliphatic heterocycles. The first kappa shape index (κ1) is 16.2. The lowest BCUT2D eigenvalue weighted by molar-refractivity contribution is 0.266. The Labute approximate surface area is 153 Å². The highest BCUT2D eigenvalue weighted by molar-refractivity contribution is 6.03. The van der Waals surface area contributed by atoms with Crippen molar-refractivity contribution in [3.8, 4) is 0 Å². The second kappa shape index (κ2) is 6.94. The Bertz CT molecular complexity index is 950. The highest BCUT2D eigenvalue weighted by Gasteiger charge is 2.28. The molecule has 3 aromatic carbocycles. The number of fused-ring (bicyclic) bond motifs is 1. The van der Waals surface area contributed by atoms with Gasteiger partial charge in [-0.05, 0) is 29.8 Å². The summed E-state index contributed by atoms with van der Waals surface area (Å²) in [6, 6.07) is 26.1. The van der Waals surface area contributed by atoms with Crippen molar-refractivity contribution >= 4 is 28.3 Å². The summed E-state index contributed by atoms with van der Waals surface area (Å²) in [5, 5.41) is 20.5. The lowest BCUT2D eigenvalue weighted by atomic mass is 9.99. The van der Waals surface area contributed by atoms with Crippen LogP contribution in [0.2, 0.25) is 0 Å². The molecule has 0 fully saturated rings. The summed E-state index contributed by atoms with van der Waals surface area (Å²) in [5.74, 6) is 0. The maximum atomic E-state index is 10.7. The molecule has 4 N–H and O–H groups in total. The van der Waals surface area contributed by atoms with Gasteiger partial charge in [-0.15, -0.1) is 0 Å². The third-order valence-corrected chi connectivity index (χ3v) is 4.54. The Morgan fingerprint density at radius 3 is 2.42 bits per heavy atom. The molecule has 130 valence electrons. The smallest absolute Gasteiger partial charge is 0.153 e. The Morgan fingerprint density at radius 1 is 0.885 bits per heavy atom. The van der Waals surface area contributed by atoms with E-state index in [1.165, 1.54) is 0 Å². The van der Waals surface area contributed by atoms with Crippen LogP contribution in [0.15, 0.2) is 78.9 Å². The van der Waals surface area contributed by atoms with Gasteiger partial charge in [0.05, 0.1) is 5.70 Å². The maximum Gasteiger partial charge on any atom is 0.153 e. The molecule has 3 aromatic rings. The predicted octanol–water partition coefficient (Wildman–Crippen LogP) is 4.45. The number of hydrogen-bond acceptors (Lipinski definition) is 4. The first-order chi connectivity index (χ1) is 12.8. The molecule has 4 rings (SSSR count). The Balaban J connectivity index is 1.87. The van der Waals surface area contributed by atoms with Crippen molar-refractivity contribution in [2.45, 2.75) is 6.23 Å². The number of para-hydroxylation sites is 1. The van der Waals surface area contributed by atoms with Crippen molar-refractivity contribution in [1.82, 2.24) is 0 Å². The van der Waals surface area contributed by atoms with Crippen molar-refractivity contribution in [3.63, 3.8) is 0 Å². The van der Waals surface area contributed by atoms with E-state index in [4.69, 9.17) is 0 Å². The maximum absolute atomic E-state index is 10.7. The Kier molecular flexibility index (Phi) is 4.33. The van der Waals surface area contributed by atoms with E-state index in [9.17, 15) is 5.11 Å². The zero-order valence-corrected chi connectivity index (χ0v) is 14.5. The summed E-state index contributed by atoms with van der Waals surface area (Å²) in [5.41, 5.74) is 6.70. The number of nitrogens with one attached hydrogen (secondary N) is 3. The third-order valence-electron chi connectivity index (χ3n) is 4.54. The standard InChI is InChI=1S/C22H21N3O/c1-23-16-10-7-11-17(14-16)24-21(15-8-3-2-4-9-15)20-18-12-5-6-13-19(18)25-22(20)26/h2-14,22-26H,1H3/b21-20-. The summed E-state index contributed by atoms with van der Waals surface area (Å²) in [6.45, 7) is 0. The van der Waals surface area contributed by atoms with Crippen LogP contribution in [0.3, 0.4) is 0 Å². The van der Waals surface area contributed by atoms with E-state index in [1.54, 1.807) is 0 Å². The first-order valence-electron chi connectivity index (χ1n) is 8.64. The van der Waals surface area contributed by atoms with E-state index in [-0.39, 0.29) is 0 Å². The molecule has 0 aliphatic carbocycles. The molecule has 1 aliphatic rings. The summed E-state index contributed by atoms with van der Waals surface area (Å²) in [7, 11) is 1.90. The predicted molar refractivity (Wildman–Crippen MR) is 109 cm³/mol. The summed E-state index contributed by atoms with van der Waals surface area (Å²) >= 11 is 0. The number of hydrogen-bond donors (Lipinski definition) is 4. The molecular weight excluding hydrogens is 322 g/mol. The van der Waals surface area contributed by atoms with Crippen LogP contribution in [-0.4, -0.2) is 18.4 Å². The van der Waals surface area contributed by atoms with Gasteiger partial charge < -0.3 is 21.1 Å². The van der Waals surface area contributed by atoms with Crippen molar-refractivity contribution in [2.75, 3.05) is 23.0 Å². The molecule has 0 spiro atoms. The lowest BCUT2D eigenvalue weighted by Gasteiger charge is -2.18. The molecule has 4 nitrogen and oxygen atoms in total. The number of rotatable bonds is 4. The highest BCUT2D eigenvalue weighted by atomic mass is 16.3. The van der Waals surface area contributed by atoms with Crippen LogP contribution >= 0.6 is 0 Å². The molecule has 0 amide bonds. The van der Waals surface area contributed by atoms with E-state index < -0.39 is 6.23 Å². The fourth-order valence-electron chi connectivity index (χ4n) is 3.28. The number of aliphatic hydroxyl groups is 1. The molecule has 4 heteroatoms. The number of anilines is 3. The molecule has 1 unspecified atom stereocenters. The van der Waals surface area contributed by atoms with E-state index in [2.05, 4.69) is 16.0 Å². The minimum atomic E-state index is -0.761. The Hall–Kier alpha value is -3.24. The zero-order chi connectivity index (χ0) is 17.9. The summed E-state index contributed by atoms with van der Waals surface area (Å²) < 4.78 is 0. The normalized spacial score (nSPS) is 17.2. The second-order valence-electron chi connectivity index (χ2n) is 6.20. The van der Waals surface area contributed by atoms with Gasteiger partial charge in [-0.1, -0.05) is 54.6 Å². The fraction of sp³-hybridized carbons (Fsp3) is 0.0909. The first-order valence-corrected chi connectivity index (χ1v) is 8.64. The van der Waals surface area contributed by atoms with Gasteiger partial charge in [0, 0.05) is 35.2 Å². The quantitative estimate of drug-likeness (QED) is 0.565. The zero-order valence-electron chi connectivity index (χ0n) is 14.5. The molecule has 0 saturated carbocycles. The molecule has 0 radical (unpaired) electrons. The van der Waals surface area contributed by atoms with E-state index >= 15 is 0 Å². The molecule has 1 atom stereocenters. The molecular formula is C22H21N3O. The van der Waals surface area contributed by atoms with Crippen molar-refractivity contribution in [3.05, 3.63) is 90.0 Å². The minimum absolute atomic E-state index is 0.761. The van der Waals surface area contributed by atoms with E-state index in [0.717, 1.165) is 39.5 Å². The number of benzene rings is 3. The summed E-state index contributed by atoms with van der Waals surface area (Å²) in [4.78, 5) is 0. The van der Waals surface area contributed by atoms with Gasteiger partial charge in [0.1, 0.15) is 0 Å². The van der Waals surface area contributed by atoms with Gasteiger partial charge in [0.2, 0.25) is 0 Å². The van der Waals surface area contributed by atoms with Crippen LogP contribution < -0.4 is 16.0 Å². The van der Waals surface area contributed by atoms with E-state index in [1.807, 2.05) is 85.9 Å². The molecule has 0 aromatic heterocycles. The summed E-state index contributed by atoms with van der Waals surface area (Å²) in [6.07, 6.45) is -0.761. The second-order valence-corrected chi connectivity index (χ2v) is 6.20. The average molecular weight is 343 g/mol. The minimum Gasteiger partial charge on any atom is -0.388 e. The van der Waals surface area contributed by atoms with Gasteiger partial charge in [-0.25, -0.2) is 0 Å². The largest absolute Gasteiger partial charge is 0.388 e. The molecule has 0 saturated heterocycles. The average Bonchev–Trinajstić information content (AvgIpc) is 3.02. The van der Waals surface area contributed by atoms with Gasteiger partial charge in [0.15, 0.2) is 6.23 Å². The van der Waals surface area contributed by atoms with Gasteiger partial charge in [-0.3, -0.25) is 0 Å². The lowest BCUT2D eigenvalue weighted by Crippen LogP contribution is -2.16. The van der Waals surface area contributed by atoms with Crippen LogP contribution in [0.4, 0.5) is 17.1 Å². The van der Waals surface area contributed by atoms with Crippen LogP contribution in [0.1, 0.15) is 11.1 Å². The molecule has 26 heavy (non-hydrogen) atoms. The molecule has 0 bridgehead atoms. The van der Waals surface area contributed by atoms with Crippen LogP contribution in [0.25, 0.3) is 11.3 Å². The SMILES string of the molecule is CNc1cccc(N/C(=C2/c3ccccc3NC2O)c2ccccc2)c1. The van der Waals surface area contributed by atoms with E-state index in [0.29, 0.717) is 0 Å². The number of aliphatic hydroxyl groups excluding tert-OH is 1. The van der Waals surface area contributed by atoms with Crippen LogP contribution in [0, 0.1) is 0 Å². The highest BCUT2D eigenvalue weighted by Crippen LogP contribution is 2.39. The van der Waals surface area contributed by atoms with Crippen molar-refractivity contribution in [2.24, 2.45) is 0 Å². The topological polar surface area (TPSA) is 56.3 Å². The van der Waals surface area contributed by atoms with Crippen molar-refractivity contribution < 1.29 is 5.11 Å². The fourth-order valence-corrected chi connectivity index (χ4v) is 3.28. The monoisotopic (exact) mass is 343 g/mol. The van der Waals surface area contributed by atoms with Crippen LogP contribution in [-0.2, 0) is 0 Å². The van der Waals surface area contributed by atoms with Gasteiger partial charge in [-0.2, -0.15) is 0 Å². The van der Waals surface area contributed by atoms with Gasteiger partial charge >= 0.3 is 0 Å². The Morgan fingerprint density at radius 2 is 1.62 bits per heavy atom.